The van der Waals surface area contributed by atoms with Gasteiger partial charge in [-0.05, 0) is 49.4 Å². The fourth-order valence-corrected chi connectivity index (χ4v) is 2.52. The van der Waals surface area contributed by atoms with Crippen LogP contribution in [0, 0.1) is 12.7 Å². The van der Waals surface area contributed by atoms with E-state index in [2.05, 4.69) is 20.6 Å². The Morgan fingerprint density at radius 3 is 2.48 bits per heavy atom. The Kier molecular flexibility index (Phi) is 4.98. The Morgan fingerprint density at radius 2 is 1.79 bits per heavy atom. The summed E-state index contributed by atoms with van der Waals surface area (Å²) in [6.45, 7) is 2.00. The first-order valence-corrected chi connectivity index (χ1v) is 8.77. The smallest absolute Gasteiger partial charge is 0.277 e. The standard InChI is InChI=1S/C21H16FN5O2/c1-14-2-9-18(10-3-14)29-20-11-6-16(12-23-20)24-21(28)19-13-27(26-25-19)17-7-4-15(22)5-8-17/h2-13H,1H3,(H,24,28). The molecule has 1 N–H and O–H groups in total. The van der Waals surface area contributed by atoms with E-state index in [0.717, 1.165) is 5.56 Å². The molecule has 0 atom stereocenters. The Labute approximate surface area is 165 Å². The van der Waals surface area contributed by atoms with Gasteiger partial charge in [0.25, 0.3) is 5.91 Å². The Hall–Kier alpha value is -4.07. The van der Waals surface area contributed by atoms with Crippen molar-refractivity contribution < 1.29 is 13.9 Å². The summed E-state index contributed by atoms with van der Waals surface area (Å²) < 4.78 is 20.1. The van der Waals surface area contributed by atoms with Crippen LogP contribution in [0.15, 0.2) is 73.1 Å². The zero-order valence-electron chi connectivity index (χ0n) is 15.4. The van der Waals surface area contributed by atoms with Crippen LogP contribution in [0.3, 0.4) is 0 Å². The van der Waals surface area contributed by atoms with Gasteiger partial charge in [0.1, 0.15) is 11.6 Å². The second-order valence-electron chi connectivity index (χ2n) is 6.28. The van der Waals surface area contributed by atoms with E-state index >= 15 is 0 Å². The molecule has 0 saturated carbocycles. The molecule has 0 radical (unpaired) electrons. The van der Waals surface area contributed by atoms with Crippen LogP contribution in [0.1, 0.15) is 16.1 Å². The molecule has 0 aliphatic carbocycles. The van der Waals surface area contributed by atoms with Crippen LogP contribution in [0.4, 0.5) is 10.1 Å². The number of carbonyl (C=O) groups excluding carboxylic acids is 1. The molecule has 4 aromatic rings. The van der Waals surface area contributed by atoms with Gasteiger partial charge in [-0.2, -0.15) is 0 Å². The number of nitrogens with zero attached hydrogens (tertiary/aromatic N) is 4. The topological polar surface area (TPSA) is 81.9 Å². The lowest BCUT2D eigenvalue weighted by Gasteiger charge is -2.06. The van der Waals surface area contributed by atoms with Crippen molar-refractivity contribution in [3.05, 3.63) is 90.1 Å². The maximum absolute atomic E-state index is 13.0. The molecule has 144 valence electrons. The van der Waals surface area contributed by atoms with Crippen molar-refractivity contribution in [2.75, 3.05) is 5.32 Å². The van der Waals surface area contributed by atoms with Crippen LogP contribution in [0.25, 0.3) is 5.69 Å². The van der Waals surface area contributed by atoms with Crippen molar-refractivity contribution in [2.45, 2.75) is 6.92 Å². The lowest BCUT2D eigenvalue weighted by molar-refractivity contribution is 0.102. The molecule has 29 heavy (non-hydrogen) atoms. The first-order valence-electron chi connectivity index (χ1n) is 8.77. The highest BCUT2D eigenvalue weighted by molar-refractivity contribution is 6.02. The van der Waals surface area contributed by atoms with E-state index in [0.29, 0.717) is 23.0 Å². The molecular formula is C21H16FN5O2. The Bertz CT molecular complexity index is 1120. The maximum atomic E-state index is 13.0. The number of rotatable bonds is 5. The van der Waals surface area contributed by atoms with Gasteiger partial charge in [0.15, 0.2) is 5.69 Å². The largest absolute Gasteiger partial charge is 0.439 e. The van der Waals surface area contributed by atoms with E-state index in [9.17, 15) is 9.18 Å². The van der Waals surface area contributed by atoms with E-state index in [4.69, 9.17) is 4.74 Å². The van der Waals surface area contributed by atoms with Gasteiger partial charge in [0, 0.05) is 6.07 Å². The molecule has 7 nitrogen and oxygen atoms in total. The number of amides is 1. The number of aryl methyl sites for hydroxylation is 1. The molecule has 8 heteroatoms. The zero-order valence-corrected chi connectivity index (χ0v) is 15.4. The van der Waals surface area contributed by atoms with Gasteiger partial charge in [-0.1, -0.05) is 22.9 Å². The summed E-state index contributed by atoms with van der Waals surface area (Å²) in [6.07, 6.45) is 2.96. The third-order valence-electron chi connectivity index (χ3n) is 4.05. The van der Waals surface area contributed by atoms with Gasteiger partial charge in [-0.3, -0.25) is 4.79 Å². The molecule has 0 saturated heterocycles. The fourth-order valence-electron chi connectivity index (χ4n) is 2.52. The van der Waals surface area contributed by atoms with Crippen molar-refractivity contribution in [2.24, 2.45) is 0 Å². The summed E-state index contributed by atoms with van der Waals surface area (Å²) in [5, 5.41) is 10.4. The van der Waals surface area contributed by atoms with Gasteiger partial charge < -0.3 is 10.1 Å². The first kappa shape index (κ1) is 18.3. The molecular weight excluding hydrogens is 373 g/mol. The predicted octanol–water partition coefficient (Wildman–Crippen LogP) is 4.15. The highest BCUT2D eigenvalue weighted by Crippen LogP contribution is 2.21. The van der Waals surface area contributed by atoms with Crippen LogP contribution in [0.2, 0.25) is 0 Å². The summed E-state index contributed by atoms with van der Waals surface area (Å²) >= 11 is 0. The average Bonchev–Trinajstić information content (AvgIpc) is 3.22. The third-order valence-corrected chi connectivity index (χ3v) is 4.05. The van der Waals surface area contributed by atoms with Gasteiger partial charge in [0.2, 0.25) is 5.88 Å². The number of hydrogen-bond acceptors (Lipinski definition) is 5. The van der Waals surface area contributed by atoms with Crippen molar-refractivity contribution in [3.63, 3.8) is 0 Å². The van der Waals surface area contributed by atoms with E-state index in [-0.39, 0.29) is 11.5 Å². The molecule has 2 aromatic carbocycles. The summed E-state index contributed by atoms with van der Waals surface area (Å²) in [5.41, 5.74) is 2.34. The Balaban J connectivity index is 1.40. The van der Waals surface area contributed by atoms with E-state index in [1.54, 1.807) is 24.3 Å². The van der Waals surface area contributed by atoms with Crippen LogP contribution in [-0.4, -0.2) is 25.9 Å². The minimum absolute atomic E-state index is 0.120. The number of hydrogen-bond donors (Lipinski definition) is 1. The van der Waals surface area contributed by atoms with Gasteiger partial charge >= 0.3 is 0 Å². The number of benzene rings is 2. The predicted molar refractivity (Wildman–Crippen MR) is 105 cm³/mol. The molecule has 0 aliphatic rings. The van der Waals surface area contributed by atoms with Crippen LogP contribution in [0.5, 0.6) is 11.6 Å². The molecule has 0 fully saturated rings. The summed E-state index contributed by atoms with van der Waals surface area (Å²) in [7, 11) is 0. The van der Waals surface area contributed by atoms with Crippen molar-refractivity contribution in [3.8, 4) is 17.3 Å². The first-order chi connectivity index (χ1) is 14.1. The van der Waals surface area contributed by atoms with Crippen molar-refractivity contribution in [1.29, 1.82) is 0 Å². The molecule has 0 unspecified atom stereocenters. The second-order valence-corrected chi connectivity index (χ2v) is 6.28. The van der Waals surface area contributed by atoms with Crippen molar-refractivity contribution >= 4 is 11.6 Å². The fraction of sp³-hybridized carbons (Fsp3) is 0.0476. The van der Waals surface area contributed by atoms with Crippen molar-refractivity contribution in [1.82, 2.24) is 20.0 Å². The summed E-state index contributed by atoms with van der Waals surface area (Å²) in [4.78, 5) is 16.6. The second kappa shape index (κ2) is 7.89. The minimum atomic E-state index is -0.438. The number of anilines is 1. The van der Waals surface area contributed by atoms with Gasteiger partial charge in [-0.25, -0.2) is 14.1 Å². The molecule has 4 rings (SSSR count). The molecule has 0 bridgehead atoms. The molecule has 1 amide bonds. The van der Waals surface area contributed by atoms with E-state index in [1.165, 1.54) is 29.2 Å². The van der Waals surface area contributed by atoms with Gasteiger partial charge in [-0.15, -0.1) is 5.10 Å². The number of aromatic nitrogens is 4. The lowest BCUT2D eigenvalue weighted by Crippen LogP contribution is -2.12. The Morgan fingerprint density at radius 1 is 1.03 bits per heavy atom. The van der Waals surface area contributed by atoms with Crippen LogP contribution in [-0.2, 0) is 0 Å². The number of pyridine rings is 1. The highest BCUT2D eigenvalue weighted by atomic mass is 19.1. The number of carbonyl (C=O) groups is 1. The van der Waals surface area contributed by atoms with Gasteiger partial charge in [0.05, 0.1) is 23.8 Å². The highest BCUT2D eigenvalue weighted by Gasteiger charge is 2.12. The SMILES string of the molecule is Cc1ccc(Oc2ccc(NC(=O)c3cn(-c4ccc(F)cc4)nn3)cn2)cc1. The third kappa shape index (κ3) is 4.44. The molecule has 0 aliphatic heterocycles. The molecule has 2 heterocycles. The zero-order chi connectivity index (χ0) is 20.2. The number of halogens is 1. The molecule has 2 aromatic heterocycles. The van der Waals surface area contributed by atoms with Crippen LogP contribution < -0.4 is 10.1 Å². The van der Waals surface area contributed by atoms with Crippen LogP contribution >= 0.6 is 0 Å². The lowest BCUT2D eigenvalue weighted by atomic mass is 10.2. The monoisotopic (exact) mass is 389 g/mol. The number of nitrogens with one attached hydrogen (secondary N) is 1. The average molecular weight is 389 g/mol. The molecule has 0 spiro atoms. The van der Waals surface area contributed by atoms with E-state index in [1.807, 2.05) is 31.2 Å². The minimum Gasteiger partial charge on any atom is -0.439 e. The quantitative estimate of drug-likeness (QED) is 0.554. The van der Waals surface area contributed by atoms with E-state index < -0.39 is 5.91 Å². The maximum Gasteiger partial charge on any atom is 0.277 e. The number of ether oxygens (including phenoxy) is 1. The summed E-state index contributed by atoms with van der Waals surface area (Å²) in [5.74, 6) is 0.299. The summed E-state index contributed by atoms with van der Waals surface area (Å²) in [6, 6.07) is 16.7. The normalized spacial score (nSPS) is 10.6.